The Morgan fingerprint density at radius 1 is 0.964 bits per heavy atom. The van der Waals surface area contributed by atoms with E-state index in [0.29, 0.717) is 28.5 Å². The van der Waals surface area contributed by atoms with Crippen molar-refractivity contribution in [3.05, 3.63) is 112 Å². The van der Waals surface area contributed by atoms with Crippen LogP contribution in [-0.2, 0) is 24.1 Å². The lowest BCUT2D eigenvalue weighted by Gasteiger charge is -2.39. The van der Waals surface area contributed by atoms with E-state index in [2.05, 4.69) is 58.7 Å². The molecule has 3 aromatic carbocycles. The van der Waals surface area contributed by atoms with Crippen molar-refractivity contribution < 1.29 is 28.0 Å². The molecule has 4 atom stereocenters. The van der Waals surface area contributed by atoms with E-state index < -0.39 is 38.3 Å². The Kier molecular flexibility index (Phi) is 13.4. The number of aromatic amines is 1. The molecule has 1 saturated heterocycles. The lowest BCUT2D eigenvalue weighted by Crippen LogP contribution is -2.39. The third-order valence-electron chi connectivity index (χ3n) is 9.74. The summed E-state index contributed by atoms with van der Waals surface area (Å²) in [5.41, 5.74) is 1.95. The number of hydrogen-bond acceptors (Lipinski definition) is 12. The summed E-state index contributed by atoms with van der Waals surface area (Å²) in [4.78, 5) is 25.3. The maximum absolute atomic E-state index is 13.6. The van der Waals surface area contributed by atoms with E-state index in [9.17, 15) is 10.1 Å². The fourth-order valence-corrected chi connectivity index (χ4v) is 8.96. The van der Waals surface area contributed by atoms with Crippen molar-refractivity contribution >= 4 is 25.5 Å². The summed E-state index contributed by atoms with van der Waals surface area (Å²) in [6.45, 7) is 8.60. The van der Waals surface area contributed by atoms with E-state index in [0.717, 1.165) is 16.7 Å². The normalized spacial score (nSPS) is 17.8. The van der Waals surface area contributed by atoms with E-state index >= 15 is 0 Å². The molecule has 14 nitrogen and oxygen atoms in total. The number of imidazole rings is 1. The summed E-state index contributed by atoms with van der Waals surface area (Å²) in [7, 11) is 3.33. The molecular formula is C41H50N7O7P. The van der Waals surface area contributed by atoms with Crippen molar-refractivity contribution in [3.8, 4) is 17.6 Å². The smallest absolute Gasteiger partial charge is 0.329 e. The predicted molar refractivity (Wildman–Crippen MR) is 215 cm³/mol. The van der Waals surface area contributed by atoms with Crippen molar-refractivity contribution in [2.75, 3.05) is 39.8 Å². The quantitative estimate of drug-likeness (QED) is 0.0527. The summed E-state index contributed by atoms with van der Waals surface area (Å²) in [5.74, 6) is 1.90. The van der Waals surface area contributed by atoms with Gasteiger partial charge in [0.05, 0.1) is 46.0 Å². The highest BCUT2D eigenvalue weighted by molar-refractivity contribution is 7.44. The van der Waals surface area contributed by atoms with Crippen molar-refractivity contribution in [3.63, 3.8) is 0 Å². The summed E-state index contributed by atoms with van der Waals surface area (Å²) in [5, 5.41) is 12.4. The van der Waals surface area contributed by atoms with Crippen LogP contribution < -0.4 is 20.5 Å². The summed E-state index contributed by atoms with van der Waals surface area (Å²) >= 11 is 0. The zero-order chi connectivity index (χ0) is 39.8. The number of nitrogens with one attached hydrogen (secondary N) is 2. The highest BCUT2D eigenvalue weighted by atomic mass is 31.2. The van der Waals surface area contributed by atoms with Crippen LogP contribution >= 0.6 is 8.53 Å². The first-order valence-electron chi connectivity index (χ1n) is 18.7. The van der Waals surface area contributed by atoms with Gasteiger partial charge in [-0.1, -0.05) is 54.6 Å². The molecule has 0 radical (unpaired) electrons. The molecular weight excluding hydrogens is 733 g/mol. The largest absolute Gasteiger partial charge is 0.497 e. The summed E-state index contributed by atoms with van der Waals surface area (Å²) in [6, 6.07) is 28.0. The number of benzene rings is 3. The first-order valence-corrected chi connectivity index (χ1v) is 19.8. The standard InChI is InChI=1S/C41H50N7O7P/c1-27(2)48(28(3)4)56(53-23-11-22-42)55-34-24-36(47-39-37(46-40(47)49)38(43-5)44-26-45-39)54-35(34)25-52-41(29-12-9-8-10-13-29,30-14-18-32(50-6)19-15-30)31-16-20-33(51-7)21-17-31/h8-10,12-21,26-28,34-36H,11,23-25H2,1-7H3,(H,46,49)(H,43,44,45)/t34-,35+,36+,56?/m0/s1. The fraction of sp³-hybridized carbons (Fsp3) is 0.415. The van der Waals surface area contributed by atoms with Crippen LogP contribution in [0.15, 0.2) is 90.0 Å². The van der Waals surface area contributed by atoms with Gasteiger partial charge in [-0.2, -0.15) is 5.26 Å². The number of fused-ring (bicyclic) bond motifs is 1. The van der Waals surface area contributed by atoms with Crippen molar-refractivity contribution in [2.45, 2.75) is 76.7 Å². The van der Waals surface area contributed by atoms with Gasteiger partial charge < -0.3 is 38.3 Å². The second kappa shape index (κ2) is 18.4. The summed E-state index contributed by atoms with van der Waals surface area (Å²) < 4.78 is 42.2. The van der Waals surface area contributed by atoms with E-state index in [1.165, 1.54) is 10.9 Å². The molecule has 15 heteroatoms. The number of hydrogen-bond donors (Lipinski definition) is 2. The minimum atomic E-state index is -1.67. The second-order valence-electron chi connectivity index (χ2n) is 13.8. The molecule has 0 spiro atoms. The van der Waals surface area contributed by atoms with Gasteiger partial charge in [0, 0.05) is 25.6 Å². The molecule has 6 rings (SSSR count). The Balaban J connectivity index is 1.45. The number of H-pyrrole nitrogens is 1. The van der Waals surface area contributed by atoms with E-state index in [-0.39, 0.29) is 38.1 Å². The lowest BCUT2D eigenvalue weighted by molar-refractivity contribution is -0.0916. The van der Waals surface area contributed by atoms with Gasteiger partial charge in [-0.25, -0.2) is 24.0 Å². The Morgan fingerprint density at radius 3 is 2.12 bits per heavy atom. The second-order valence-corrected chi connectivity index (χ2v) is 15.2. The molecule has 1 aliphatic heterocycles. The van der Waals surface area contributed by atoms with Crippen molar-refractivity contribution in [2.24, 2.45) is 0 Å². The topological polar surface area (TPSA) is 158 Å². The molecule has 3 heterocycles. The minimum absolute atomic E-state index is 0.0483. The summed E-state index contributed by atoms with van der Waals surface area (Å²) in [6.07, 6.45) is -0.156. The van der Waals surface area contributed by atoms with Gasteiger partial charge in [-0.05, 0) is 68.7 Å². The molecule has 56 heavy (non-hydrogen) atoms. The van der Waals surface area contributed by atoms with Crippen LogP contribution in [-0.4, -0.2) is 83.0 Å². The Bertz CT molecular complexity index is 2070. The maximum Gasteiger partial charge on any atom is 0.329 e. The first kappa shape index (κ1) is 40.8. The van der Waals surface area contributed by atoms with Gasteiger partial charge in [0.25, 0.3) is 8.53 Å². The molecule has 0 amide bonds. The molecule has 0 saturated carbocycles. The third-order valence-corrected chi connectivity index (χ3v) is 11.9. The Labute approximate surface area is 328 Å². The number of rotatable bonds is 18. The first-order chi connectivity index (χ1) is 27.1. The molecule has 0 aliphatic carbocycles. The zero-order valence-electron chi connectivity index (χ0n) is 32.8. The van der Waals surface area contributed by atoms with Gasteiger partial charge in [0.1, 0.15) is 41.3 Å². The van der Waals surface area contributed by atoms with E-state index in [4.69, 9.17) is 28.0 Å². The molecule has 1 aliphatic rings. The van der Waals surface area contributed by atoms with Gasteiger partial charge in [0.2, 0.25) is 0 Å². The minimum Gasteiger partial charge on any atom is -0.497 e. The molecule has 1 fully saturated rings. The molecule has 0 bridgehead atoms. The van der Waals surface area contributed by atoms with Crippen LogP contribution in [0.1, 0.15) is 63.5 Å². The number of nitriles is 1. The molecule has 2 aromatic heterocycles. The SMILES string of the molecule is CNc1ncnc2c1[nH]c(=O)n2[C@H]1C[C@H](OP(OCCC#N)N(C(C)C)C(C)C)[C@@H](COC(c2ccccc2)(c2ccc(OC)cc2)c2ccc(OC)cc2)O1. The van der Waals surface area contributed by atoms with Crippen molar-refractivity contribution in [1.29, 1.82) is 5.26 Å². The van der Waals surface area contributed by atoms with Crippen LogP contribution in [0.3, 0.4) is 0 Å². The zero-order valence-corrected chi connectivity index (χ0v) is 33.7. The average molecular weight is 784 g/mol. The molecule has 5 aromatic rings. The highest BCUT2D eigenvalue weighted by Gasteiger charge is 2.45. The fourth-order valence-electron chi connectivity index (χ4n) is 7.20. The van der Waals surface area contributed by atoms with Crippen molar-refractivity contribution in [1.82, 2.24) is 24.2 Å². The number of aromatic nitrogens is 4. The average Bonchev–Trinajstić information content (AvgIpc) is 3.77. The monoisotopic (exact) mass is 783 g/mol. The molecule has 1 unspecified atom stereocenters. The number of ether oxygens (including phenoxy) is 4. The highest BCUT2D eigenvalue weighted by Crippen LogP contribution is 2.51. The van der Waals surface area contributed by atoms with Gasteiger partial charge in [-0.15, -0.1) is 0 Å². The van der Waals surface area contributed by atoms with Crippen LogP contribution in [0.5, 0.6) is 11.5 Å². The molecule has 296 valence electrons. The van der Waals surface area contributed by atoms with Gasteiger partial charge >= 0.3 is 5.69 Å². The van der Waals surface area contributed by atoms with E-state index in [1.54, 1.807) is 21.3 Å². The number of methoxy groups -OCH3 is 2. The van der Waals surface area contributed by atoms with E-state index in [1.807, 2.05) is 78.9 Å². The third kappa shape index (κ3) is 8.44. The van der Waals surface area contributed by atoms with Crippen LogP contribution in [0, 0.1) is 11.3 Å². The Hall–Kier alpha value is -4.87. The van der Waals surface area contributed by atoms with Crippen LogP contribution in [0.4, 0.5) is 5.82 Å². The maximum atomic E-state index is 13.6. The predicted octanol–water partition coefficient (Wildman–Crippen LogP) is 7.14. The lowest BCUT2D eigenvalue weighted by atomic mass is 9.80. The van der Waals surface area contributed by atoms with Gasteiger partial charge in [-0.3, -0.25) is 0 Å². The number of anilines is 1. The van der Waals surface area contributed by atoms with Gasteiger partial charge in [0.15, 0.2) is 11.5 Å². The molecule has 2 N–H and O–H groups in total. The number of nitrogens with zero attached hydrogens (tertiary/aromatic N) is 5. The Morgan fingerprint density at radius 2 is 1.57 bits per heavy atom. The van der Waals surface area contributed by atoms with Crippen LogP contribution in [0.25, 0.3) is 11.2 Å². The van der Waals surface area contributed by atoms with Crippen LogP contribution in [0.2, 0.25) is 0 Å².